The summed E-state index contributed by atoms with van der Waals surface area (Å²) < 4.78 is 0. The second-order valence-corrected chi connectivity index (χ2v) is 3.31. The highest BCUT2D eigenvalue weighted by Gasteiger charge is 2.11. The van der Waals surface area contributed by atoms with Crippen molar-refractivity contribution in [1.29, 1.82) is 0 Å². The number of carbonyl (C=O) groups excluding carboxylic acids is 1. The molecule has 0 rings (SSSR count). The van der Waals surface area contributed by atoms with E-state index in [0.717, 1.165) is 19.4 Å². The first-order chi connectivity index (χ1) is 5.09. The quantitative estimate of drug-likeness (QED) is 0.651. The van der Waals surface area contributed by atoms with Gasteiger partial charge in [-0.15, -0.1) is 0 Å². The van der Waals surface area contributed by atoms with Gasteiger partial charge in [0.25, 0.3) is 5.24 Å². The van der Waals surface area contributed by atoms with Gasteiger partial charge in [0.15, 0.2) is 0 Å². The van der Waals surface area contributed by atoms with Crippen LogP contribution in [0.1, 0.15) is 33.6 Å². The minimum absolute atomic E-state index is 0.117. The molecule has 0 aromatic carbocycles. The van der Waals surface area contributed by atoms with Gasteiger partial charge >= 0.3 is 0 Å². The average molecular weight is 175 g/mol. The van der Waals surface area contributed by atoms with Crippen molar-refractivity contribution in [2.24, 2.45) is 0 Å². The van der Waals surface area contributed by atoms with E-state index in [-0.39, 0.29) is 11.3 Å². The average Bonchev–Trinajstić information content (AvgIpc) is 1.87. The second kappa shape index (κ2) is 5.47. The summed E-state index contributed by atoms with van der Waals surface area (Å²) in [5, 5.41) is -0.117. The third kappa shape index (κ3) is 4.30. The Hall–Kier alpha value is -0.180. The largest absolute Gasteiger partial charge is 0.331 e. The lowest BCUT2D eigenvalue weighted by Gasteiger charge is -2.24. The molecule has 0 aromatic rings. The molecule has 2 nitrogen and oxygen atoms in total. The molecule has 0 spiro atoms. The summed E-state index contributed by atoms with van der Waals surface area (Å²) in [7, 11) is 0. The molecule has 0 aliphatic rings. The lowest BCUT2D eigenvalue weighted by Crippen LogP contribution is -2.33. The van der Waals surface area contributed by atoms with Crippen LogP contribution in [0.4, 0.5) is 4.79 Å². The topological polar surface area (TPSA) is 20.3 Å². The Bertz CT molecular complexity index is 125. The third-order valence-electron chi connectivity index (χ3n) is 1.62. The molecule has 3 heteroatoms. The van der Waals surface area contributed by atoms with E-state index in [4.69, 9.17) is 0 Å². The predicted molar refractivity (Wildman–Crippen MR) is 51.1 cm³/mol. The fourth-order valence-electron chi connectivity index (χ4n) is 0.903. The predicted octanol–water partition coefficient (Wildman–Crippen LogP) is 2.55. The Labute approximate surface area is 74.4 Å². The standard InChI is InChI=1S/C8H17NOS/c1-4-5-6-9(7(2)3)8(10)11/h7H,4-6H2,1-3H3,(H,10,11). The number of hydrogen-bond acceptors (Lipinski definition) is 1. The lowest BCUT2D eigenvalue weighted by atomic mass is 10.3. The maximum absolute atomic E-state index is 10.9. The minimum Gasteiger partial charge on any atom is -0.331 e. The molecule has 0 aliphatic carbocycles. The Morgan fingerprint density at radius 1 is 1.55 bits per heavy atom. The van der Waals surface area contributed by atoms with E-state index >= 15 is 0 Å². The number of amides is 1. The number of carbonyl (C=O) groups is 1. The van der Waals surface area contributed by atoms with Crippen molar-refractivity contribution in [3.05, 3.63) is 0 Å². The number of hydrogen-bond donors (Lipinski definition) is 1. The molecule has 0 radical (unpaired) electrons. The number of thiol groups is 1. The smallest absolute Gasteiger partial charge is 0.278 e. The van der Waals surface area contributed by atoms with Gasteiger partial charge in [-0.05, 0) is 20.3 Å². The summed E-state index contributed by atoms with van der Waals surface area (Å²) in [5.74, 6) is 0. The van der Waals surface area contributed by atoms with Gasteiger partial charge in [0.1, 0.15) is 0 Å². The number of nitrogens with zero attached hydrogens (tertiary/aromatic N) is 1. The van der Waals surface area contributed by atoms with E-state index in [0.29, 0.717) is 0 Å². The van der Waals surface area contributed by atoms with E-state index < -0.39 is 0 Å². The fourth-order valence-corrected chi connectivity index (χ4v) is 1.23. The molecule has 1 amide bonds. The van der Waals surface area contributed by atoms with Gasteiger partial charge < -0.3 is 4.90 Å². The third-order valence-corrected chi connectivity index (χ3v) is 1.88. The van der Waals surface area contributed by atoms with Gasteiger partial charge in [0.05, 0.1) is 0 Å². The minimum atomic E-state index is -0.117. The normalized spacial score (nSPS) is 10.3. The molecule has 0 heterocycles. The van der Waals surface area contributed by atoms with E-state index in [1.807, 2.05) is 13.8 Å². The molecule has 0 saturated heterocycles. The van der Waals surface area contributed by atoms with E-state index in [2.05, 4.69) is 19.6 Å². The van der Waals surface area contributed by atoms with Crippen LogP contribution in [0.15, 0.2) is 0 Å². The molecule has 0 fully saturated rings. The van der Waals surface area contributed by atoms with Crippen LogP contribution in [0.2, 0.25) is 0 Å². The second-order valence-electron chi connectivity index (χ2n) is 2.92. The highest BCUT2D eigenvalue weighted by molar-refractivity contribution is 7.96. The van der Waals surface area contributed by atoms with Gasteiger partial charge in [-0.25, -0.2) is 0 Å². The van der Waals surface area contributed by atoms with E-state index in [1.54, 1.807) is 4.90 Å². The van der Waals surface area contributed by atoms with Crippen molar-refractivity contribution in [3.63, 3.8) is 0 Å². The molecule has 11 heavy (non-hydrogen) atoms. The van der Waals surface area contributed by atoms with Crippen LogP contribution in [0.25, 0.3) is 0 Å². The summed E-state index contributed by atoms with van der Waals surface area (Å²) in [5.41, 5.74) is 0. The molecular weight excluding hydrogens is 158 g/mol. The van der Waals surface area contributed by atoms with Crippen LogP contribution in [0, 0.1) is 0 Å². The molecule has 0 bridgehead atoms. The molecule has 0 aliphatic heterocycles. The fraction of sp³-hybridized carbons (Fsp3) is 0.875. The van der Waals surface area contributed by atoms with Gasteiger partial charge in [-0.1, -0.05) is 26.0 Å². The van der Waals surface area contributed by atoms with Crippen LogP contribution in [0.5, 0.6) is 0 Å². The zero-order valence-electron chi connectivity index (χ0n) is 7.50. The summed E-state index contributed by atoms with van der Waals surface area (Å²) in [4.78, 5) is 12.7. The molecular formula is C8H17NOS. The first-order valence-corrected chi connectivity index (χ1v) is 4.53. The van der Waals surface area contributed by atoms with Gasteiger partial charge in [0, 0.05) is 12.6 Å². The van der Waals surface area contributed by atoms with E-state index in [1.165, 1.54) is 0 Å². The van der Waals surface area contributed by atoms with Crippen LogP contribution in [-0.4, -0.2) is 22.7 Å². The maximum Gasteiger partial charge on any atom is 0.278 e. The highest BCUT2D eigenvalue weighted by Crippen LogP contribution is 2.04. The molecule has 0 atom stereocenters. The Morgan fingerprint density at radius 2 is 2.09 bits per heavy atom. The first-order valence-electron chi connectivity index (χ1n) is 4.09. The van der Waals surface area contributed by atoms with Crippen molar-refractivity contribution >= 4 is 17.9 Å². The Morgan fingerprint density at radius 3 is 2.36 bits per heavy atom. The highest BCUT2D eigenvalue weighted by atomic mass is 32.1. The molecule has 0 unspecified atom stereocenters. The van der Waals surface area contributed by atoms with E-state index in [9.17, 15) is 4.79 Å². The van der Waals surface area contributed by atoms with Crippen LogP contribution < -0.4 is 0 Å². The van der Waals surface area contributed by atoms with Gasteiger partial charge in [-0.3, -0.25) is 4.79 Å². The monoisotopic (exact) mass is 175 g/mol. The Balaban J connectivity index is 3.80. The summed E-state index contributed by atoms with van der Waals surface area (Å²) in [6.45, 7) is 6.95. The lowest BCUT2D eigenvalue weighted by molar-refractivity contribution is 0.208. The SMILES string of the molecule is CCCCN(C(=O)S)C(C)C. The van der Waals surface area contributed by atoms with Crippen LogP contribution in [-0.2, 0) is 0 Å². The summed E-state index contributed by atoms with van der Waals surface area (Å²) in [6.07, 6.45) is 2.18. The Kier molecular flexibility index (Phi) is 5.38. The van der Waals surface area contributed by atoms with Gasteiger partial charge in [-0.2, -0.15) is 0 Å². The number of rotatable bonds is 4. The molecule has 0 N–H and O–H groups in total. The van der Waals surface area contributed by atoms with Crippen LogP contribution >= 0.6 is 12.6 Å². The molecule has 0 saturated carbocycles. The van der Waals surface area contributed by atoms with Crippen molar-refractivity contribution in [2.75, 3.05) is 6.54 Å². The summed E-state index contributed by atoms with van der Waals surface area (Å²) in [6, 6.07) is 0.270. The van der Waals surface area contributed by atoms with Crippen molar-refractivity contribution in [2.45, 2.75) is 39.7 Å². The summed E-state index contributed by atoms with van der Waals surface area (Å²) >= 11 is 3.79. The van der Waals surface area contributed by atoms with Crippen molar-refractivity contribution in [1.82, 2.24) is 4.90 Å². The molecule has 66 valence electrons. The van der Waals surface area contributed by atoms with Gasteiger partial charge in [0.2, 0.25) is 0 Å². The maximum atomic E-state index is 10.9. The van der Waals surface area contributed by atoms with Crippen molar-refractivity contribution in [3.8, 4) is 0 Å². The molecule has 0 aromatic heterocycles. The number of unbranched alkanes of at least 4 members (excludes halogenated alkanes) is 1. The zero-order valence-corrected chi connectivity index (χ0v) is 8.40. The first kappa shape index (κ1) is 10.8. The van der Waals surface area contributed by atoms with Crippen molar-refractivity contribution < 1.29 is 4.79 Å². The van der Waals surface area contributed by atoms with Crippen LogP contribution in [0.3, 0.4) is 0 Å². The zero-order chi connectivity index (χ0) is 8.85.